The predicted molar refractivity (Wildman–Crippen MR) is 66.1 cm³/mol. The van der Waals surface area contributed by atoms with Crippen molar-refractivity contribution in [3.8, 4) is 11.8 Å². The lowest BCUT2D eigenvalue weighted by molar-refractivity contribution is -0.373. The monoisotopic (exact) mass is 262 g/mol. The van der Waals surface area contributed by atoms with Crippen LogP contribution in [0.25, 0.3) is 0 Å². The van der Waals surface area contributed by atoms with Gasteiger partial charge in [-0.15, -0.1) is 0 Å². The molecule has 0 saturated heterocycles. The van der Waals surface area contributed by atoms with Crippen molar-refractivity contribution < 1.29 is 23.7 Å². The summed E-state index contributed by atoms with van der Waals surface area (Å²) < 4.78 is 20.7. The van der Waals surface area contributed by atoms with E-state index in [1.165, 1.54) is 14.2 Å². The highest BCUT2D eigenvalue weighted by molar-refractivity contribution is 5.69. The molecule has 0 radical (unpaired) electrons. The number of urea groups is 1. The Labute approximate surface area is 108 Å². The normalized spacial score (nSPS) is 14.3. The van der Waals surface area contributed by atoms with E-state index in [1.54, 1.807) is 13.8 Å². The molecule has 0 aromatic heterocycles. The molecule has 106 valence electrons. The predicted octanol–water partition coefficient (Wildman–Crippen LogP) is 0.379. The fraction of sp³-hybridized carbons (Fsp3) is 0.727. The molecule has 0 aromatic rings. The summed E-state index contributed by atoms with van der Waals surface area (Å²) in [6.07, 6.45) is -0.442. The number of methoxy groups -OCH3 is 2. The van der Waals surface area contributed by atoms with Crippen LogP contribution in [0.4, 0.5) is 4.79 Å². The molecule has 0 bridgehead atoms. The number of primary amides is 2. The van der Waals surface area contributed by atoms with Gasteiger partial charge in [-0.3, -0.25) is 4.74 Å². The highest BCUT2D eigenvalue weighted by atomic mass is 16.9. The van der Waals surface area contributed by atoms with Crippen LogP contribution < -0.4 is 11.5 Å². The molecule has 7 nitrogen and oxygen atoms in total. The molecule has 2 amide bonds. The van der Waals surface area contributed by atoms with Gasteiger partial charge in [0.05, 0.1) is 6.61 Å². The molecule has 0 spiro atoms. The smallest absolute Gasteiger partial charge is 0.355 e. The second-order valence-electron chi connectivity index (χ2n) is 2.89. The summed E-state index contributed by atoms with van der Waals surface area (Å²) in [6.45, 7) is 5.71. The second kappa shape index (κ2) is 10.8. The van der Waals surface area contributed by atoms with Crippen LogP contribution in [-0.2, 0) is 18.9 Å². The van der Waals surface area contributed by atoms with E-state index in [2.05, 4.69) is 23.3 Å². The molecule has 0 heterocycles. The van der Waals surface area contributed by atoms with Gasteiger partial charge in [0, 0.05) is 14.2 Å². The zero-order valence-electron chi connectivity index (χ0n) is 11.5. The van der Waals surface area contributed by atoms with Gasteiger partial charge in [0.2, 0.25) is 0 Å². The number of carbonyl (C=O) groups excluding carboxylic acids is 1. The Hall–Kier alpha value is -1.33. The van der Waals surface area contributed by atoms with Gasteiger partial charge < -0.3 is 25.7 Å². The SMILES string of the molecule is CC#CC(OC)(OCC)OC(C)OC.NC(N)=O. The van der Waals surface area contributed by atoms with Crippen molar-refractivity contribution in [2.75, 3.05) is 20.8 Å². The van der Waals surface area contributed by atoms with Crippen molar-refractivity contribution in [2.45, 2.75) is 33.0 Å². The Bertz CT molecular complexity index is 283. The Balaban J connectivity index is 0. The standard InChI is InChI=1S/C10H18O4.CH4N2O/c1-6-8-10(12-5,13-7-2)14-9(3)11-4;2-1(3)4/h9H,7H2,1-5H3;(H4,2,3,4). The lowest BCUT2D eigenvalue weighted by Crippen LogP contribution is -2.40. The molecule has 2 unspecified atom stereocenters. The van der Waals surface area contributed by atoms with E-state index in [4.69, 9.17) is 23.7 Å². The van der Waals surface area contributed by atoms with Crippen molar-refractivity contribution in [3.05, 3.63) is 0 Å². The summed E-state index contributed by atoms with van der Waals surface area (Å²) >= 11 is 0. The maximum atomic E-state index is 9.00. The summed E-state index contributed by atoms with van der Waals surface area (Å²) in [5.74, 6) is 4.09. The van der Waals surface area contributed by atoms with Gasteiger partial charge >= 0.3 is 12.0 Å². The van der Waals surface area contributed by atoms with Gasteiger partial charge in [0.1, 0.15) is 0 Å². The van der Waals surface area contributed by atoms with Crippen LogP contribution >= 0.6 is 0 Å². The zero-order valence-corrected chi connectivity index (χ0v) is 11.5. The van der Waals surface area contributed by atoms with E-state index in [9.17, 15) is 0 Å². The molecule has 0 aliphatic rings. The summed E-state index contributed by atoms with van der Waals surface area (Å²) in [4.78, 5) is 9.00. The summed E-state index contributed by atoms with van der Waals surface area (Å²) in [5, 5.41) is 0. The highest BCUT2D eigenvalue weighted by Crippen LogP contribution is 2.16. The van der Waals surface area contributed by atoms with Crippen LogP contribution in [0.3, 0.4) is 0 Å². The highest BCUT2D eigenvalue weighted by Gasteiger charge is 2.32. The Morgan fingerprint density at radius 2 is 1.89 bits per heavy atom. The molecular weight excluding hydrogens is 240 g/mol. The van der Waals surface area contributed by atoms with Crippen molar-refractivity contribution >= 4 is 6.03 Å². The third-order valence-electron chi connectivity index (χ3n) is 1.53. The lowest BCUT2D eigenvalue weighted by Gasteiger charge is -2.28. The quantitative estimate of drug-likeness (QED) is 0.531. The maximum Gasteiger partial charge on any atom is 0.355 e. The van der Waals surface area contributed by atoms with E-state index in [1.807, 2.05) is 6.92 Å². The molecule has 0 fully saturated rings. The first-order valence-corrected chi connectivity index (χ1v) is 5.25. The molecule has 7 heteroatoms. The Morgan fingerprint density at radius 1 is 1.39 bits per heavy atom. The topological polar surface area (TPSA) is 106 Å². The van der Waals surface area contributed by atoms with E-state index in [-0.39, 0.29) is 0 Å². The molecule has 0 rings (SSSR count). The van der Waals surface area contributed by atoms with Gasteiger partial charge in [0.15, 0.2) is 6.29 Å². The van der Waals surface area contributed by atoms with Gasteiger partial charge in [-0.25, -0.2) is 4.79 Å². The number of amides is 2. The molecule has 4 N–H and O–H groups in total. The summed E-state index contributed by atoms with van der Waals surface area (Å²) in [6, 6.07) is -0.833. The number of nitrogens with two attached hydrogens (primary N) is 2. The van der Waals surface area contributed by atoms with Gasteiger partial charge in [0.25, 0.3) is 0 Å². The summed E-state index contributed by atoms with van der Waals surface area (Å²) in [7, 11) is 3.01. The number of rotatable bonds is 6. The number of hydrogen-bond donors (Lipinski definition) is 2. The molecule has 0 aliphatic carbocycles. The minimum Gasteiger partial charge on any atom is -0.356 e. The van der Waals surface area contributed by atoms with E-state index in [0.29, 0.717) is 6.61 Å². The fourth-order valence-corrected chi connectivity index (χ4v) is 0.867. The molecular formula is C11H22N2O5. The minimum atomic E-state index is -1.32. The Kier molecular flexibility index (Phi) is 11.4. The van der Waals surface area contributed by atoms with Crippen LogP contribution in [0.5, 0.6) is 0 Å². The van der Waals surface area contributed by atoms with E-state index in [0.717, 1.165) is 0 Å². The second-order valence-corrected chi connectivity index (χ2v) is 2.89. The number of ether oxygens (including phenoxy) is 4. The zero-order chi connectivity index (χ0) is 14.6. The molecule has 2 atom stereocenters. The van der Waals surface area contributed by atoms with Crippen molar-refractivity contribution in [3.63, 3.8) is 0 Å². The van der Waals surface area contributed by atoms with Crippen molar-refractivity contribution in [2.24, 2.45) is 11.5 Å². The van der Waals surface area contributed by atoms with Crippen LogP contribution in [0.2, 0.25) is 0 Å². The van der Waals surface area contributed by atoms with Gasteiger partial charge in [-0.2, -0.15) is 0 Å². The fourth-order valence-electron chi connectivity index (χ4n) is 0.867. The van der Waals surface area contributed by atoms with E-state index >= 15 is 0 Å². The first-order chi connectivity index (χ1) is 8.37. The van der Waals surface area contributed by atoms with Crippen molar-refractivity contribution in [1.29, 1.82) is 0 Å². The molecule has 0 aliphatic heterocycles. The average molecular weight is 262 g/mol. The average Bonchev–Trinajstić information content (AvgIpc) is 2.28. The first kappa shape index (κ1) is 19.0. The summed E-state index contributed by atoms with van der Waals surface area (Å²) in [5.41, 5.74) is 8.50. The van der Waals surface area contributed by atoms with Crippen LogP contribution in [0.15, 0.2) is 0 Å². The van der Waals surface area contributed by atoms with Crippen LogP contribution in [-0.4, -0.2) is 39.1 Å². The van der Waals surface area contributed by atoms with Crippen LogP contribution in [0, 0.1) is 11.8 Å². The first-order valence-electron chi connectivity index (χ1n) is 5.25. The van der Waals surface area contributed by atoms with E-state index < -0.39 is 18.3 Å². The maximum absolute atomic E-state index is 9.00. The third-order valence-corrected chi connectivity index (χ3v) is 1.53. The van der Waals surface area contributed by atoms with Gasteiger partial charge in [-0.05, 0) is 26.7 Å². The molecule has 18 heavy (non-hydrogen) atoms. The third kappa shape index (κ3) is 9.86. The molecule has 0 aromatic carbocycles. The van der Waals surface area contributed by atoms with Gasteiger partial charge in [-0.1, -0.05) is 5.92 Å². The minimum absolute atomic E-state index is 0.442. The van der Waals surface area contributed by atoms with Crippen LogP contribution in [0.1, 0.15) is 20.8 Å². The van der Waals surface area contributed by atoms with Crippen molar-refractivity contribution in [1.82, 2.24) is 0 Å². The largest absolute Gasteiger partial charge is 0.356 e. The molecule has 0 saturated carbocycles. The lowest BCUT2D eigenvalue weighted by atomic mass is 10.5. The number of carbonyl (C=O) groups is 1. The Morgan fingerprint density at radius 3 is 2.17 bits per heavy atom. The number of hydrogen-bond acceptors (Lipinski definition) is 5.